The number of benzene rings is 1. The van der Waals surface area contributed by atoms with Gasteiger partial charge in [-0.1, -0.05) is 0 Å². The van der Waals surface area contributed by atoms with Gasteiger partial charge in [0.25, 0.3) is 5.69 Å². The molecule has 1 aromatic rings. The molecule has 1 rings (SSSR count). The maximum atomic E-state index is 12.9. The lowest BCUT2D eigenvalue weighted by Gasteiger charge is -2.06. The van der Waals surface area contributed by atoms with Crippen molar-refractivity contribution in [3.05, 3.63) is 33.9 Å². The molecule has 0 fully saturated rings. The second kappa shape index (κ2) is 5.89. The molecular formula is C10H10F2N2O4. The molecule has 0 saturated carbocycles. The van der Waals surface area contributed by atoms with Crippen molar-refractivity contribution in [2.75, 3.05) is 11.9 Å². The third-order valence-corrected chi connectivity index (χ3v) is 2.12. The van der Waals surface area contributed by atoms with E-state index in [1.54, 1.807) is 0 Å². The first-order valence-corrected chi connectivity index (χ1v) is 5.01. The van der Waals surface area contributed by atoms with Crippen LogP contribution in [0.2, 0.25) is 0 Å². The van der Waals surface area contributed by atoms with Crippen LogP contribution in [0, 0.1) is 21.7 Å². The van der Waals surface area contributed by atoms with Crippen molar-refractivity contribution in [1.29, 1.82) is 0 Å². The van der Waals surface area contributed by atoms with Crippen LogP contribution in [0.3, 0.4) is 0 Å². The largest absolute Gasteiger partial charge is 0.481 e. The zero-order chi connectivity index (χ0) is 13.7. The summed E-state index contributed by atoms with van der Waals surface area (Å²) in [5, 5.41) is 21.5. The first-order valence-electron chi connectivity index (χ1n) is 5.01. The fourth-order valence-corrected chi connectivity index (χ4v) is 1.29. The van der Waals surface area contributed by atoms with E-state index in [0.29, 0.717) is 12.1 Å². The van der Waals surface area contributed by atoms with Crippen LogP contribution >= 0.6 is 0 Å². The maximum absolute atomic E-state index is 12.9. The van der Waals surface area contributed by atoms with Gasteiger partial charge in [-0.3, -0.25) is 14.9 Å². The van der Waals surface area contributed by atoms with Crippen molar-refractivity contribution in [3.8, 4) is 0 Å². The van der Waals surface area contributed by atoms with E-state index < -0.39 is 28.2 Å². The van der Waals surface area contributed by atoms with Crippen LogP contribution in [0.1, 0.15) is 12.8 Å². The minimum absolute atomic E-state index is 0.109. The highest BCUT2D eigenvalue weighted by atomic mass is 19.2. The average molecular weight is 260 g/mol. The van der Waals surface area contributed by atoms with Crippen LogP contribution in [0.25, 0.3) is 0 Å². The lowest BCUT2D eigenvalue weighted by atomic mass is 10.2. The van der Waals surface area contributed by atoms with E-state index in [2.05, 4.69) is 5.32 Å². The van der Waals surface area contributed by atoms with Crippen LogP contribution in [0.5, 0.6) is 0 Å². The number of carbonyl (C=O) groups is 1. The molecule has 0 bridgehead atoms. The Morgan fingerprint density at radius 3 is 2.56 bits per heavy atom. The number of aliphatic carboxylic acids is 1. The van der Waals surface area contributed by atoms with Crippen LogP contribution in [-0.2, 0) is 4.79 Å². The summed E-state index contributed by atoms with van der Waals surface area (Å²) in [6.45, 7) is 0.109. The second-order valence-corrected chi connectivity index (χ2v) is 3.46. The zero-order valence-corrected chi connectivity index (χ0v) is 9.15. The molecule has 0 radical (unpaired) electrons. The van der Waals surface area contributed by atoms with E-state index in [1.165, 1.54) is 0 Å². The number of hydrogen-bond donors (Lipinski definition) is 2. The molecule has 0 aliphatic rings. The topological polar surface area (TPSA) is 92.5 Å². The molecular weight excluding hydrogens is 250 g/mol. The summed E-state index contributed by atoms with van der Waals surface area (Å²) < 4.78 is 25.8. The predicted molar refractivity (Wildman–Crippen MR) is 58.4 cm³/mol. The second-order valence-electron chi connectivity index (χ2n) is 3.46. The average Bonchev–Trinajstić information content (AvgIpc) is 2.28. The number of halogens is 2. The number of nitrogens with one attached hydrogen (secondary N) is 1. The summed E-state index contributed by atoms with van der Waals surface area (Å²) in [6, 6.07) is 1.16. The Kier molecular flexibility index (Phi) is 4.52. The van der Waals surface area contributed by atoms with E-state index in [9.17, 15) is 23.7 Å². The van der Waals surface area contributed by atoms with Gasteiger partial charge < -0.3 is 10.4 Å². The molecule has 0 atom stereocenters. The van der Waals surface area contributed by atoms with E-state index in [1.807, 2.05) is 0 Å². The van der Waals surface area contributed by atoms with Crippen LogP contribution in [-0.4, -0.2) is 22.5 Å². The van der Waals surface area contributed by atoms with Gasteiger partial charge in [-0.2, -0.15) is 0 Å². The normalized spacial score (nSPS) is 10.1. The summed E-state index contributed by atoms with van der Waals surface area (Å²) in [5.74, 6) is -3.52. The van der Waals surface area contributed by atoms with Gasteiger partial charge >= 0.3 is 5.97 Å². The van der Waals surface area contributed by atoms with Crippen molar-refractivity contribution in [3.63, 3.8) is 0 Å². The molecule has 0 aliphatic carbocycles. The highest BCUT2D eigenvalue weighted by Crippen LogP contribution is 2.27. The summed E-state index contributed by atoms with van der Waals surface area (Å²) in [7, 11) is 0. The van der Waals surface area contributed by atoms with Crippen LogP contribution in [0.15, 0.2) is 12.1 Å². The minimum Gasteiger partial charge on any atom is -0.481 e. The molecule has 8 heteroatoms. The monoisotopic (exact) mass is 260 g/mol. The lowest BCUT2D eigenvalue weighted by molar-refractivity contribution is -0.384. The molecule has 6 nitrogen and oxygen atoms in total. The first-order chi connectivity index (χ1) is 8.41. The van der Waals surface area contributed by atoms with Gasteiger partial charge in [-0.05, 0) is 6.42 Å². The number of carboxylic acid groups (broad SMARTS) is 1. The standard InChI is InChI=1S/C10H10F2N2O4/c11-6-4-8(13-3-1-2-10(15)16)9(14(17)18)5-7(6)12/h4-5,13H,1-3H2,(H,15,16). The summed E-state index contributed by atoms with van der Waals surface area (Å²) >= 11 is 0. The molecule has 2 N–H and O–H groups in total. The van der Waals surface area contributed by atoms with Gasteiger partial charge in [0.15, 0.2) is 11.6 Å². The Hall–Kier alpha value is -2.25. The molecule has 18 heavy (non-hydrogen) atoms. The smallest absolute Gasteiger partial charge is 0.303 e. The number of carboxylic acids is 1. The van der Waals surface area contributed by atoms with Crippen molar-refractivity contribution in [2.45, 2.75) is 12.8 Å². The molecule has 0 amide bonds. The fourth-order valence-electron chi connectivity index (χ4n) is 1.29. The molecule has 98 valence electrons. The summed E-state index contributed by atoms with van der Waals surface area (Å²) in [5.41, 5.74) is -0.770. The number of rotatable bonds is 6. The zero-order valence-electron chi connectivity index (χ0n) is 9.15. The van der Waals surface area contributed by atoms with Gasteiger partial charge in [-0.15, -0.1) is 0 Å². The number of anilines is 1. The number of hydrogen-bond acceptors (Lipinski definition) is 4. The van der Waals surface area contributed by atoms with Crippen molar-refractivity contribution >= 4 is 17.3 Å². The highest BCUT2D eigenvalue weighted by molar-refractivity contribution is 5.67. The molecule has 0 aliphatic heterocycles. The Bertz CT molecular complexity index is 479. The Balaban J connectivity index is 2.77. The predicted octanol–water partition coefficient (Wildman–Crippen LogP) is 2.15. The Morgan fingerprint density at radius 1 is 1.39 bits per heavy atom. The molecule has 0 unspecified atom stereocenters. The van der Waals surface area contributed by atoms with E-state index >= 15 is 0 Å². The molecule has 0 saturated heterocycles. The lowest BCUT2D eigenvalue weighted by Crippen LogP contribution is -2.07. The maximum Gasteiger partial charge on any atom is 0.303 e. The van der Waals surface area contributed by atoms with Gasteiger partial charge in [-0.25, -0.2) is 8.78 Å². The molecule has 1 aromatic carbocycles. The van der Waals surface area contributed by atoms with Gasteiger partial charge in [0.05, 0.1) is 11.0 Å². The SMILES string of the molecule is O=C(O)CCCNc1cc(F)c(F)cc1[N+](=O)[O-]. The third kappa shape index (κ3) is 3.65. The summed E-state index contributed by atoms with van der Waals surface area (Å²) in [4.78, 5) is 20.0. The van der Waals surface area contributed by atoms with Crippen molar-refractivity contribution in [2.24, 2.45) is 0 Å². The number of nitro benzene ring substituents is 1. The minimum atomic E-state index is -1.31. The molecule has 0 aromatic heterocycles. The van der Waals surface area contributed by atoms with Gasteiger partial charge in [0, 0.05) is 19.0 Å². The quantitative estimate of drug-likeness (QED) is 0.464. The van der Waals surface area contributed by atoms with Crippen molar-refractivity contribution < 1.29 is 23.6 Å². The first kappa shape index (κ1) is 13.8. The molecule has 0 spiro atoms. The summed E-state index contributed by atoms with van der Waals surface area (Å²) in [6.07, 6.45) is 0.0932. The van der Waals surface area contributed by atoms with Gasteiger partial charge in [0.1, 0.15) is 5.69 Å². The molecule has 0 heterocycles. The van der Waals surface area contributed by atoms with E-state index in [0.717, 1.165) is 0 Å². The van der Waals surface area contributed by atoms with Crippen LogP contribution < -0.4 is 5.32 Å². The Morgan fingerprint density at radius 2 is 2.00 bits per heavy atom. The Labute approximate surface area is 100 Å². The van der Waals surface area contributed by atoms with Gasteiger partial charge in [0.2, 0.25) is 0 Å². The highest BCUT2D eigenvalue weighted by Gasteiger charge is 2.18. The number of nitro groups is 1. The van der Waals surface area contributed by atoms with E-state index in [-0.39, 0.29) is 25.1 Å². The number of nitrogens with zero attached hydrogens (tertiary/aromatic N) is 1. The fraction of sp³-hybridized carbons (Fsp3) is 0.300. The van der Waals surface area contributed by atoms with Crippen LogP contribution in [0.4, 0.5) is 20.2 Å². The van der Waals surface area contributed by atoms with E-state index in [4.69, 9.17) is 5.11 Å². The third-order valence-electron chi connectivity index (χ3n) is 2.12. The van der Waals surface area contributed by atoms with Crippen molar-refractivity contribution in [1.82, 2.24) is 0 Å².